The summed E-state index contributed by atoms with van der Waals surface area (Å²) in [5, 5.41) is 3.67. The van der Waals surface area contributed by atoms with Gasteiger partial charge in [0.25, 0.3) is 0 Å². The molecule has 1 rings (SSSR count). The van der Waals surface area contributed by atoms with Crippen LogP contribution >= 0.6 is 0 Å². The molecule has 1 heterocycles. The highest BCUT2D eigenvalue weighted by Crippen LogP contribution is 2.31. The maximum absolute atomic E-state index is 3.67. The normalized spacial score (nSPS) is 28.3. The molecule has 0 aliphatic carbocycles. The van der Waals surface area contributed by atoms with Gasteiger partial charge in [0, 0.05) is 25.2 Å². The van der Waals surface area contributed by atoms with Gasteiger partial charge < -0.3 is 5.32 Å². The maximum Gasteiger partial charge on any atom is 0.0198 e. The molecule has 18 heavy (non-hydrogen) atoms. The van der Waals surface area contributed by atoms with E-state index < -0.39 is 0 Å². The zero-order valence-corrected chi connectivity index (χ0v) is 13.4. The number of hydrogen-bond donors (Lipinski definition) is 1. The lowest BCUT2D eigenvalue weighted by atomic mass is 9.79. The zero-order chi connectivity index (χ0) is 13.8. The maximum atomic E-state index is 3.67. The summed E-state index contributed by atoms with van der Waals surface area (Å²) in [5.74, 6) is 0.858. The fourth-order valence-corrected chi connectivity index (χ4v) is 3.31. The van der Waals surface area contributed by atoms with Crippen molar-refractivity contribution in [1.29, 1.82) is 0 Å². The molecular formula is C16H34N2. The van der Waals surface area contributed by atoms with E-state index in [0.29, 0.717) is 11.5 Å². The second-order valence-corrected chi connectivity index (χ2v) is 7.33. The van der Waals surface area contributed by atoms with E-state index in [2.05, 4.69) is 51.8 Å². The van der Waals surface area contributed by atoms with Crippen LogP contribution in [0.2, 0.25) is 0 Å². The Hall–Kier alpha value is -0.0800. The molecule has 0 radical (unpaired) electrons. The Labute approximate surface area is 115 Å². The molecule has 0 spiro atoms. The van der Waals surface area contributed by atoms with Gasteiger partial charge in [0.15, 0.2) is 0 Å². The number of nitrogens with zero attached hydrogens (tertiary/aromatic N) is 1. The molecule has 3 atom stereocenters. The lowest BCUT2D eigenvalue weighted by Crippen LogP contribution is -2.52. The van der Waals surface area contributed by atoms with E-state index in [1.165, 1.54) is 32.4 Å². The van der Waals surface area contributed by atoms with Gasteiger partial charge in [0.2, 0.25) is 0 Å². The number of nitrogens with one attached hydrogen (secondary N) is 1. The topological polar surface area (TPSA) is 15.3 Å². The first-order valence-corrected chi connectivity index (χ1v) is 7.83. The average Bonchev–Trinajstić information content (AvgIpc) is 2.25. The summed E-state index contributed by atoms with van der Waals surface area (Å²) >= 11 is 0. The monoisotopic (exact) mass is 254 g/mol. The van der Waals surface area contributed by atoms with Crippen LogP contribution in [0, 0.1) is 11.3 Å². The van der Waals surface area contributed by atoms with Crippen molar-refractivity contribution < 1.29 is 0 Å². The molecule has 1 aliphatic rings. The Morgan fingerprint density at radius 2 is 1.89 bits per heavy atom. The fourth-order valence-electron chi connectivity index (χ4n) is 3.31. The molecule has 1 fully saturated rings. The van der Waals surface area contributed by atoms with Gasteiger partial charge in [-0.25, -0.2) is 0 Å². The van der Waals surface area contributed by atoms with Crippen molar-refractivity contribution >= 4 is 0 Å². The molecule has 2 nitrogen and oxygen atoms in total. The van der Waals surface area contributed by atoms with Crippen molar-refractivity contribution in [3.63, 3.8) is 0 Å². The second kappa shape index (κ2) is 6.91. The average molecular weight is 254 g/mol. The summed E-state index contributed by atoms with van der Waals surface area (Å²) in [7, 11) is 0. The minimum Gasteiger partial charge on any atom is -0.313 e. The Kier molecular flexibility index (Phi) is 6.13. The van der Waals surface area contributed by atoms with E-state index in [1.807, 2.05) is 0 Å². The van der Waals surface area contributed by atoms with Crippen LogP contribution in [0.3, 0.4) is 0 Å². The smallest absolute Gasteiger partial charge is 0.0198 e. The number of rotatable bonds is 5. The van der Waals surface area contributed by atoms with E-state index >= 15 is 0 Å². The van der Waals surface area contributed by atoms with Crippen LogP contribution in [0.5, 0.6) is 0 Å². The van der Waals surface area contributed by atoms with Crippen molar-refractivity contribution in [2.75, 3.05) is 19.6 Å². The van der Waals surface area contributed by atoms with Gasteiger partial charge in [0.05, 0.1) is 0 Å². The van der Waals surface area contributed by atoms with Crippen molar-refractivity contribution in [2.45, 2.75) is 72.9 Å². The second-order valence-electron chi connectivity index (χ2n) is 7.33. The Morgan fingerprint density at radius 1 is 1.22 bits per heavy atom. The molecule has 0 aromatic rings. The highest BCUT2D eigenvalue weighted by molar-refractivity contribution is 4.87. The Balaban J connectivity index is 2.62. The lowest BCUT2D eigenvalue weighted by molar-refractivity contribution is 0.0833. The molecule has 108 valence electrons. The van der Waals surface area contributed by atoms with Gasteiger partial charge in [0.1, 0.15) is 0 Å². The number of likely N-dealkylation sites (N-methyl/N-ethyl adjacent to an activating group) is 1. The van der Waals surface area contributed by atoms with Crippen LogP contribution in [0.1, 0.15) is 60.8 Å². The summed E-state index contributed by atoms with van der Waals surface area (Å²) in [5.41, 5.74) is 0.458. The molecule has 3 unspecified atom stereocenters. The molecule has 0 amide bonds. The van der Waals surface area contributed by atoms with E-state index in [1.54, 1.807) is 0 Å². The van der Waals surface area contributed by atoms with Crippen LogP contribution in [-0.2, 0) is 0 Å². The summed E-state index contributed by atoms with van der Waals surface area (Å²) < 4.78 is 0. The molecule has 2 heteroatoms. The van der Waals surface area contributed by atoms with Crippen LogP contribution in [-0.4, -0.2) is 36.6 Å². The molecular weight excluding hydrogens is 220 g/mol. The van der Waals surface area contributed by atoms with Crippen molar-refractivity contribution in [3.8, 4) is 0 Å². The lowest BCUT2D eigenvalue weighted by Gasteiger charge is -2.42. The van der Waals surface area contributed by atoms with Crippen molar-refractivity contribution in [3.05, 3.63) is 0 Å². The quantitative estimate of drug-likeness (QED) is 0.807. The van der Waals surface area contributed by atoms with Gasteiger partial charge in [-0.2, -0.15) is 0 Å². The van der Waals surface area contributed by atoms with Crippen LogP contribution in [0.15, 0.2) is 0 Å². The van der Waals surface area contributed by atoms with E-state index in [-0.39, 0.29) is 0 Å². The minimum absolute atomic E-state index is 0.458. The standard InChI is InChI=1S/C16H34N2/c1-7-13(3)18-11-14(10-16(4,5)6)9-15(12-18)17-8-2/h13-15,17H,7-12H2,1-6H3. The molecule has 0 bridgehead atoms. The number of piperidine rings is 1. The highest BCUT2D eigenvalue weighted by Gasteiger charge is 2.30. The zero-order valence-electron chi connectivity index (χ0n) is 13.4. The minimum atomic E-state index is 0.458. The first kappa shape index (κ1) is 16.0. The summed E-state index contributed by atoms with van der Waals surface area (Å²) in [4.78, 5) is 2.70. The van der Waals surface area contributed by atoms with Crippen molar-refractivity contribution in [2.24, 2.45) is 11.3 Å². The fraction of sp³-hybridized carbons (Fsp3) is 1.00. The van der Waals surface area contributed by atoms with Crippen LogP contribution in [0.25, 0.3) is 0 Å². The Bertz CT molecular complexity index is 232. The van der Waals surface area contributed by atoms with Gasteiger partial charge in [-0.1, -0.05) is 34.6 Å². The molecule has 1 N–H and O–H groups in total. The van der Waals surface area contributed by atoms with Gasteiger partial charge in [-0.05, 0) is 44.1 Å². The van der Waals surface area contributed by atoms with E-state index in [0.717, 1.165) is 18.5 Å². The van der Waals surface area contributed by atoms with E-state index in [4.69, 9.17) is 0 Å². The molecule has 1 aliphatic heterocycles. The van der Waals surface area contributed by atoms with E-state index in [9.17, 15) is 0 Å². The van der Waals surface area contributed by atoms with Gasteiger partial charge in [-0.15, -0.1) is 0 Å². The Morgan fingerprint density at radius 3 is 2.39 bits per heavy atom. The molecule has 1 saturated heterocycles. The SMILES string of the molecule is CCNC1CC(CC(C)(C)C)CN(C(C)CC)C1. The van der Waals surface area contributed by atoms with Gasteiger partial charge >= 0.3 is 0 Å². The highest BCUT2D eigenvalue weighted by atomic mass is 15.2. The predicted octanol–water partition coefficient (Wildman–Crippen LogP) is 3.52. The largest absolute Gasteiger partial charge is 0.313 e. The summed E-state index contributed by atoms with van der Waals surface area (Å²) in [6, 6.07) is 1.43. The molecule has 0 aromatic carbocycles. The third-order valence-corrected chi connectivity index (χ3v) is 4.17. The third kappa shape index (κ3) is 5.27. The predicted molar refractivity (Wildman–Crippen MR) is 81.0 cm³/mol. The molecule has 0 aromatic heterocycles. The number of likely N-dealkylation sites (tertiary alicyclic amines) is 1. The summed E-state index contributed by atoms with van der Waals surface area (Å²) in [6.45, 7) is 17.7. The first-order valence-electron chi connectivity index (χ1n) is 7.83. The summed E-state index contributed by atoms with van der Waals surface area (Å²) in [6.07, 6.45) is 3.97. The first-order chi connectivity index (χ1) is 8.35. The van der Waals surface area contributed by atoms with Crippen LogP contribution < -0.4 is 5.32 Å². The third-order valence-electron chi connectivity index (χ3n) is 4.17. The van der Waals surface area contributed by atoms with Crippen LogP contribution in [0.4, 0.5) is 0 Å². The van der Waals surface area contributed by atoms with Gasteiger partial charge in [-0.3, -0.25) is 4.90 Å². The molecule has 0 saturated carbocycles. The van der Waals surface area contributed by atoms with Crippen molar-refractivity contribution in [1.82, 2.24) is 10.2 Å². The number of hydrogen-bond acceptors (Lipinski definition) is 2.